The maximum atomic E-state index is 12.7. The third-order valence-electron chi connectivity index (χ3n) is 4.69. The highest BCUT2D eigenvalue weighted by molar-refractivity contribution is 7.20. The summed E-state index contributed by atoms with van der Waals surface area (Å²) in [6, 6.07) is 7.73. The summed E-state index contributed by atoms with van der Waals surface area (Å²) in [5, 5.41) is 1.15. The standard InChI is InChI=1S/C19H21N3O2S/c1-14-12-16-13-17(18(23)15-2-4-20-5-3-15)25-19(16)22(14)7-6-21-8-10-24-11-9-21/h2-5,12-13H,6-11H2,1H3. The summed E-state index contributed by atoms with van der Waals surface area (Å²) >= 11 is 1.58. The van der Waals surface area contributed by atoms with Gasteiger partial charge in [0.15, 0.2) is 0 Å². The number of carbonyl (C=O) groups is 1. The number of fused-ring (bicyclic) bond motifs is 1. The van der Waals surface area contributed by atoms with Crippen LogP contribution in [0.3, 0.4) is 0 Å². The summed E-state index contributed by atoms with van der Waals surface area (Å²) in [5.41, 5.74) is 1.94. The zero-order chi connectivity index (χ0) is 17.2. The third-order valence-corrected chi connectivity index (χ3v) is 5.86. The first-order valence-corrected chi connectivity index (χ1v) is 9.38. The number of carbonyl (C=O) groups excluding carboxylic acids is 1. The first-order chi connectivity index (χ1) is 12.2. The fourth-order valence-electron chi connectivity index (χ4n) is 3.27. The van der Waals surface area contributed by atoms with Gasteiger partial charge in [-0.15, -0.1) is 11.3 Å². The summed E-state index contributed by atoms with van der Waals surface area (Å²) in [6.07, 6.45) is 3.32. The van der Waals surface area contributed by atoms with Crippen molar-refractivity contribution in [3.8, 4) is 0 Å². The van der Waals surface area contributed by atoms with Gasteiger partial charge in [0.2, 0.25) is 5.78 Å². The van der Waals surface area contributed by atoms with E-state index in [0.717, 1.165) is 49.7 Å². The van der Waals surface area contributed by atoms with E-state index < -0.39 is 0 Å². The third kappa shape index (κ3) is 3.38. The van der Waals surface area contributed by atoms with Crippen LogP contribution in [0.5, 0.6) is 0 Å². The van der Waals surface area contributed by atoms with Crippen molar-refractivity contribution in [1.29, 1.82) is 0 Å². The Kier molecular flexibility index (Phi) is 4.65. The summed E-state index contributed by atoms with van der Waals surface area (Å²) in [6.45, 7) is 7.74. The number of morpholine rings is 1. The first kappa shape index (κ1) is 16.4. The van der Waals surface area contributed by atoms with Crippen LogP contribution in [0.25, 0.3) is 10.2 Å². The normalized spacial score (nSPS) is 15.7. The summed E-state index contributed by atoms with van der Waals surface area (Å²) in [7, 11) is 0. The molecule has 0 unspecified atom stereocenters. The molecule has 0 N–H and O–H groups in total. The molecule has 0 saturated carbocycles. The molecule has 0 aliphatic carbocycles. The molecule has 3 aromatic rings. The Balaban J connectivity index is 1.56. The zero-order valence-electron chi connectivity index (χ0n) is 14.3. The van der Waals surface area contributed by atoms with Gasteiger partial charge in [-0.3, -0.25) is 14.7 Å². The van der Waals surface area contributed by atoms with Crippen LogP contribution in [-0.2, 0) is 11.3 Å². The van der Waals surface area contributed by atoms with Crippen molar-refractivity contribution in [1.82, 2.24) is 14.5 Å². The molecule has 1 fully saturated rings. The predicted octanol–water partition coefficient (Wildman–Crippen LogP) is 2.97. The fraction of sp³-hybridized carbons (Fsp3) is 0.368. The SMILES string of the molecule is Cc1cc2cc(C(=O)c3ccncc3)sc2n1CCN1CCOCC1. The number of hydrogen-bond donors (Lipinski definition) is 0. The van der Waals surface area contributed by atoms with Crippen LogP contribution in [0.1, 0.15) is 20.9 Å². The second-order valence-electron chi connectivity index (χ2n) is 6.33. The lowest BCUT2D eigenvalue weighted by Crippen LogP contribution is -2.38. The molecule has 1 aliphatic heterocycles. The number of pyridine rings is 1. The lowest BCUT2D eigenvalue weighted by molar-refractivity contribution is 0.0365. The number of thiophene rings is 1. The van der Waals surface area contributed by atoms with Gasteiger partial charge >= 0.3 is 0 Å². The number of aryl methyl sites for hydroxylation is 1. The summed E-state index contributed by atoms with van der Waals surface area (Å²) < 4.78 is 7.75. The van der Waals surface area contributed by atoms with E-state index >= 15 is 0 Å². The van der Waals surface area contributed by atoms with Gasteiger partial charge in [-0.05, 0) is 31.2 Å². The molecule has 1 saturated heterocycles. The van der Waals surface area contributed by atoms with Crippen LogP contribution in [0, 0.1) is 6.92 Å². The van der Waals surface area contributed by atoms with E-state index in [0.29, 0.717) is 5.56 Å². The van der Waals surface area contributed by atoms with Gasteiger partial charge in [0.25, 0.3) is 0 Å². The Hall–Kier alpha value is -2.02. The molecule has 0 aromatic carbocycles. The van der Waals surface area contributed by atoms with Crippen molar-refractivity contribution in [3.63, 3.8) is 0 Å². The van der Waals surface area contributed by atoms with E-state index in [1.807, 2.05) is 6.07 Å². The molecule has 0 spiro atoms. The van der Waals surface area contributed by atoms with Crippen molar-refractivity contribution in [2.24, 2.45) is 0 Å². The van der Waals surface area contributed by atoms with Crippen LogP contribution in [-0.4, -0.2) is 53.1 Å². The van der Waals surface area contributed by atoms with Crippen molar-refractivity contribution < 1.29 is 9.53 Å². The van der Waals surface area contributed by atoms with Gasteiger partial charge in [-0.2, -0.15) is 0 Å². The first-order valence-electron chi connectivity index (χ1n) is 8.57. The summed E-state index contributed by atoms with van der Waals surface area (Å²) in [5.74, 6) is 0.0704. The molecule has 0 atom stereocenters. The van der Waals surface area contributed by atoms with Crippen molar-refractivity contribution in [2.45, 2.75) is 13.5 Å². The Labute approximate surface area is 150 Å². The molecule has 6 heteroatoms. The van der Waals surface area contributed by atoms with Crippen LogP contribution >= 0.6 is 11.3 Å². The molecule has 5 nitrogen and oxygen atoms in total. The van der Waals surface area contributed by atoms with Crippen LogP contribution < -0.4 is 0 Å². The lowest BCUT2D eigenvalue weighted by atomic mass is 10.1. The van der Waals surface area contributed by atoms with Gasteiger partial charge in [0.05, 0.1) is 18.1 Å². The minimum Gasteiger partial charge on any atom is -0.379 e. The molecule has 25 heavy (non-hydrogen) atoms. The lowest BCUT2D eigenvalue weighted by Gasteiger charge is -2.26. The second-order valence-corrected chi connectivity index (χ2v) is 7.36. The average Bonchev–Trinajstić information content (AvgIpc) is 3.18. The monoisotopic (exact) mass is 355 g/mol. The highest BCUT2D eigenvalue weighted by Gasteiger charge is 2.17. The quantitative estimate of drug-likeness (QED) is 0.660. The van der Waals surface area contributed by atoms with Gasteiger partial charge in [0, 0.05) is 55.2 Å². The van der Waals surface area contributed by atoms with Crippen LogP contribution in [0.2, 0.25) is 0 Å². The number of ketones is 1. The molecule has 3 aromatic heterocycles. The number of aromatic nitrogens is 2. The van der Waals surface area contributed by atoms with Gasteiger partial charge in [-0.25, -0.2) is 0 Å². The van der Waals surface area contributed by atoms with Gasteiger partial charge < -0.3 is 9.30 Å². The highest BCUT2D eigenvalue weighted by Crippen LogP contribution is 2.30. The highest BCUT2D eigenvalue weighted by atomic mass is 32.1. The molecule has 1 aliphatic rings. The Morgan fingerprint density at radius 2 is 1.96 bits per heavy atom. The zero-order valence-corrected chi connectivity index (χ0v) is 15.1. The van der Waals surface area contributed by atoms with E-state index in [9.17, 15) is 4.79 Å². The van der Waals surface area contributed by atoms with Crippen molar-refractivity contribution >= 4 is 27.3 Å². The molecule has 0 radical (unpaired) electrons. The van der Waals surface area contributed by atoms with E-state index in [1.54, 1.807) is 35.9 Å². The topological polar surface area (TPSA) is 47.4 Å². The van der Waals surface area contributed by atoms with Crippen LogP contribution in [0.4, 0.5) is 0 Å². The van der Waals surface area contributed by atoms with Crippen LogP contribution in [0.15, 0.2) is 36.7 Å². The van der Waals surface area contributed by atoms with E-state index in [2.05, 4.69) is 27.4 Å². The molecule has 130 valence electrons. The second kappa shape index (κ2) is 7.07. The van der Waals surface area contributed by atoms with Crippen molar-refractivity contribution in [2.75, 3.05) is 32.8 Å². The Morgan fingerprint density at radius 3 is 2.72 bits per heavy atom. The maximum absolute atomic E-state index is 12.7. The van der Waals surface area contributed by atoms with E-state index in [4.69, 9.17) is 4.74 Å². The van der Waals surface area contributed by atoms with E-state index in [1.165, 1.54) is 10.5 Å². The minimum atomic E-state index is 0.0704. The molecular weight excluding hydrogens is 334 g/mol. The summed E-state index contributed by atoms with van der Waals surface area (Å²) in [4.78, 5) is 21.1. The fourth-order valence-corrected chi connectivity index (χ4v) is 4.46. The number of nitrogens with zero attached hydrogens (tertiary/aromatic N) is 3. The smallest absolute Gasteiger partial charge is 0.203 e. The number of hydrogen-bond acceptors (Lipinski definition) is 5. The Morgan fingerprint density at radius 1 is 1.20 bits per heavy atom. The molecule has 0 bridgehead atoms. The average molecular weight is 355 g/mol. The number of ether oxygens (including phenoxy) is 1. The maximum Gasteiger partial charge on any atom is 0.203 e. The molecule has 4 heterocycles. The van der Waals surface area contributed by atoms with Gasteiger partial charge in [0.1, 0.15) is 4.83 Å². The van der Waals surface area contributed by atoms with Gasteiger partial charge in [-0.1, -0.05) is 0 Å². The van der Waals surface area contributed by atoms with Crippen molar-refractivity contribution in [3.05, 3.63) is 52.8 Å². The molecule has 0 amide bonds. The largest absolute Gasteiger partial charge is 0.379 e. The van der Waals surface area contributed by atoms with E-state index in [-0.39, 0.29) is 5.78 Å². The Bertz CT molecular complexity index is 879. The predicted molar refractivity (Wildman–Crippen MR) is 99.5 cm³/mol. The molecule has 4 rings (SSSR count). The minimum absolute atomic E-state index is 0.0704. The molecular formula is C19H21N3O2S. The number of rotatable bonds is 5.